The van der Waals surface area contributed by atoms with Crippen LogP contribution in [0, 0.1) is 0 Å². The molecule has 1 aromatic rings. The molecule has 0 saturated carbocycles. The number of aliphatic hydroxyl groups excluding tert-OH is 1. The van der Waals surface area contributed by atoms with Crippen molar-refractivity contribution < 1.29 is 9.84 Å². The second-order valence-electron chi connectivity index (χ2n) is 4.17. The van der Waals surface area contributed by atoms with Crippen LogP contribution in [0.25, 0.3) is 12.2 Å². The first kappa shape index (κ1) is 12.9. The Balaban J connectivity index is 2.47. The van der Waals surface area contributed by atoms with Crippen molar-refractivity contribution in [2.75, 3.05) is 31.3 Å². The van der Waals surface area contributed by atoms with Crippen molar-refractivity contribution in [3.63, 3.8) is 0 Å². The van der Waals surface area contributed by atoms with Crippen LogP contribution in [0.4, 0.5) is 5.82 Å². The molecule has 0 radical (unpaired) electrons. The summed E-state index contributed by atoms with van der Waals surface area (Å²) in [5, 5.41) is 18.7. The van der Waals surface area contributed by atoms with E-state index in [1.165, 1.54) is 0 Å². The number of aromatic nitrogens is 2. The van der Waals surface area contributed by atoms with E-state index < -0.39 is 0 Å². The lowest BCUT2D eigenvalue weighted by Gasteiger charge is -2.34. The van der Waals surface area contributed by atoms with E-state index in [-0.39, 0.29) is 12.6 Å². The number of anilines is 1. The standard InChI is InChI=1S/C13H19N3O2/c1-3-5-11-12(4-2)14-15-13(11)16-6-7-18-9-10(16)8-17/h3-5,10,14,17H,1,6-9H2,2H3/b11-5+,12-4+/t10-/m1/s1. The third kappa shape index (κ3) is 2.32. The van der Waals surface area contributed by atoms with Gasteiger partial charge in [0, 0.05) is 11.8 Å². The molecule has 1 atom stereocenters. The summed E-state index contributed by atoms with van der Waals surface area (Å²) in [6, 6.07) is -0.0382. The molecule has 2 heterocycles. The van der Waals surface area contributed by atoms with Crippen molar-refractivity contribution in [2.24, 2.45) is 0 Å². The molecule has 1 aliphatic rings. The second kappa shape index (κ2) is 5.84. The molecule has 18 heavy (non-hydrogen) atoms. The summed E-state index contributed by atoms with van der Waals surface area (Å²) >= 11 is 0. The molecule has 0 spiro atoms. The lowest BCUT2D eigenvalue weighted by molar-refractivity contribution is 0.0722. The molecule has 1 aliphatic heterocycles. The van der Waals surface area contributed by atoms with Gasteiger partial charge in [0.1, 0.15) is 0 Å². The van der Waals surface area contributed by atoms with E-state index >= 15 is 0 Å². The Morgan fingerprint density at radius 1 is 1.67 bits per heavy atom. The fourth-order valence-electron chi connectivity index (χ4n) is 2.16. The number of morpholine rings is 1. The molecular formula is C13H19N3O2. The number of hydrogen-bond donors (Lipinski definition) is 2. The van der Waals surface area contributed by atoms with E-state index in [1.807, 2.05) is 19.1 Å². The molecule has 1 fully saturated rings. The number of nitrogens with zero attached hydrogens (tertiary/aromatic N) is 2. The molecule has 5 heteroatoms. The quantitative estimate of drug-likeness (QED) is 0.749. The van der Waals surface area contributed by atoms with E-state index in [1.54, 1.807) is 6.08 Å². The van der Waals surface area contributed by atoms with Crippen LogP contribution < -0.4 is 15.5 Å². The maximum atomic E-state index is 9.41. The molecular weight excluding hydrogens is 230 g/mol. The first-order valence-corrected chi connectivity index (χ1v) is 6.10. The van der Waals surface area contributed by atoms with Gasteiger partial charge in [-0.25, -0.2) is 0 Å². The summed E-state index contributed by atoms with van der Waals surface area (Å²) in [4.78, 5) is 2.09. The van der Waals surface area contributed by atoms with E-state index in [2.05, 4.69) is 21.7 Å². The molecule has 0 amide bonds. The van der Waals surface area contributed by atoms with Crippen LogP contribution in [0.2, 0.25) is 0 Å². The van der Waals surface area contributed by atoms with Crippen molar-refractivity contribution in [2.45, 2.75) is 13.0 Å². The Morgan fingerprint density at radius 2 is 2.50 bits per heavy atom. The highest BCUT2D eigenvalue weighted by Crippen LogP contribution is 2.12. The predicted octanol–water partition coefficient (Wildman–Crippen LogP) is -0.626. The van der Waals surface area contributed by atoms with Gasteiger partial charge < -0.3 is 14.7 Å². The maximum absolute atomic E-state index is 9.41. The molecule has 0 bridgehead atoms. The van der Waals surface area contributed by atoms with Gasteiger partial charge in [0.15, 0.2) is 5.82 Å². The number of rotatable bonds is 3. The Kier molecular flexibility index (Phi) is 4.17. The average Bonchev–Trinajstić information content (AvgIpc) is 2.82. The van der Waals surface area contributed by atoms with Gasteiger partial charge >= 0.3 is 0 Å². The highest BCUT2D eigenvalue weighted by Gasteiger charge is 2.24. The SMILES string of the molecule is C=C/C=c1/c(N2CCOC[C@H]2CO)n[nH]/c1=C/C. The molecule has 2 rings (SSSR count). The zero-order valence-electron chi connectivity index (χ0n) is 10.6. The van der Waals surface area contributed by atoms with Gasteiger partial charge in [-0.05, 0) is 13.0 Å². The number of aliphatic hydroxyl groups is 1. The fourth-order valence-corrected chi connectivity index (χ4v) is 2.16. The minimum Gasteiger partial charge on any atom is -0.394 e. The Bertz CT molecular complexity index is 521. The third-order valence-electron chi connectivity index (χ3n) is 3.10. The predicted molar refractivity (Wildman–Crippen MR) is 71.7 cm³/mol. The van der Waals surface area contributed by atoms with Crippen LogP contribution in [0.1, 0.15) is 6.92 Å². The van der Waals surface area contributed by atoms with Crippen LogP contribution in [0.15, 0.2) is 12.7 Å². The summed E-state index contributed by atoms with van der Waals surface area (Å²) in [5.74, 6) is 0.852. The average molecular weight is 249 g/mol. The van der Waals surface area contributed by atoms with Gasteiger partial charge in [0.25, 0.3) is 0 Å². The van der Waals surface area contributed by atoms with E-state index in [0.717, 1.165) is 22.9 Å². The van der Waals surface area contributed by atoms with Crippen LogP contribution in [0.5, 0.6) is 0 Å². The Labute approximate surface area is 106 Å². The third-order valence-corrected chi connectivity index (χ3v) is 3.10. The molecule has 0 aliphatic carbocycles. The monoisotopic (exact) mass is 249 g/mol. The zero-order chi connectivity index (χ0) is 13.0. The number of aromatic amines is 1. The molecule has 5 nitrogen and oxygen atoms in total. The van der Waals surface area contributed by atoms with Crippen LogP contribution in [0.3, 0.4) is 0 Å². The van der Waals surface area contributed by atoms with E-state index in [9.17, 15) is 5.11 Å². The smallest absolute Gasteiger partial charge is 0.158 e. The molecule has 1 aromatic heterocycles. The Morgan fingerprint density at radius 3 is 3.17 bits per heavy atom. The number of nitrogens with one attached hydrogen (secondary N) is 1. The van der Waals surface area contributed by atoms with E-state index in [0.29, 0.717) is 13.2 Å². The normalized spacial score (nSPS) is 22.6. The highest BCUT2D eigenvalue weighted by atomic mass is 16.5. The minimum atomic E-state index is -0.0382. The summed E-state index contributed by atoms with van der Waals surface area (Å²) in [5.41, 5.74) is 0. The number of ether oxygens (including phenoxy) is 1. The van der Waals surface area contributed by atoms with Gasteiger partial charge in [0.05, 0.1) is 31.2 Å². The summed E-state index contributed by atoms with van der Waals surface area (Å²) < 4.78 is 5.38. The van der Waals surface area contributed by atoms with Crippen molar-refractivity contribution in [1.82, 2.24) is 10.2 Å². The van der Waals surface area contributed by atoms with Crippen molar-refractivity contribution in [3.8, 4) is 0 Å². The number of H-pyrrole nitrogens is 1. The lowest BCUT2D eigenvalue weighted by atomic mass is 10.2. The molecule has 0 aromatic carbocycles. The van der Waals surface area contributed by atoms with Gasteiger partial charge in [-0.3, -0.25) is 5.10 Å². The second-order valence-corrected chi connectivity index (χ2v) is 4.17. The first-order valence-electron chi connectivity index (χ1n) is 6.10. The van der Waals surface area contributed by atoms with Gasteiger partial charge in [-0.1, -0.05) is 18.7 Å². The first-order chi connectivity index (χ1) is 8.81. The molecule has 0 unspecified atom stereocenters. The molecule has 98 valence electrons. The van der Waals surface area contributed by atoms with Crippen molar-refractivity contribution in [3.05, 3.63) is 23.2 Å². The van der Waals surface area contributed by atoms with Gasteiger partial charge in [-0.15, -0.1) is 0 Å². The molecule has 1 saturated heterocycles. The summed E-state index contributed by atoms with van der Waals surface area (Å²) in [6.45, 7) is 7.67. The summed E-state index contributed by atoms with van der Waals surface area (Å²) in [7, 11) is 0. The zero-order valence-corrected chi connectivity index (χ0v) is 10.6. The van der Waals surface area contributed by atoms with Crippen molar-refractivity contribution >= 4 is 18.0 Å². The maximum Gasteiger partial charge on any atom is 0.158 e. The Hall–Kier alpha value is -1.59. The minimum absolute atomic E-state index is 0.0382. The lowest BCUT2D eigenvalue weighted by Crippen LogP contribution is -2.49. The fraction of sp³-hybridized carbons (Fsp3) is 0.462. The number of allylic oxidation sites excluding steroid dienone is 1. The van der Waals surface area contributed by atoms with E-state index in [4.69, 9.17) is 4.74 Å². The largest absolute Gasteiger partial charge is 0.394 e. The van der Waals surface area contributed by atoms with Crippen molar-refractivity contribution in [1.29, 1.82) is 0 Å². The molecule has 2 N–H and O–H groups in total. The van der Waals surface area contributed by atoms with Gasteiger partial charge in [0.2, 0.25) is 0 Å². The van der Waals surface area contributed by atoms with Crippen LogP contribution in [-0.4, -0.2) is 47.7 Å². The highest BCUT2D eigenvalue weighted by molar-refractivity contribution is 5.51. The van der Waals surface area contributed by atoms with Crippen LogP contribution in [-0.2, 0) is 4.74 Å². The number of hydrogen-bond acceptors (Lipinski definition) is 4. The summed E-state index contributed by atoms with van der Waals surface area (Å²) in [6.07, 6.45) is 5.65. The van der Waals surface area contributed by atoms with Gasteiger partial charge in [-0.2, -0.15) is 5.10 Å². The van der Waals surface area contributed by atoms with Crippen LogP contribution >= 0.6 is 0 Å². The topological polar surface area (TPSA) is 61.4 Å².